The molecule has 0 atom stereocenters. The molecule has 3 aromatic rings. The van der Waals surface area contributed by atoms with Crippen LogP contribution in [0.25, 0.3) is 6.08 Å². The molecule has 0 aromatic heterocycles. The van der Waals surface area contributed by atoms with Gasteiger partial charge in [-0.05, 0) is 48.4 Å². The lowest BCUT2D eigenvalue weighted by atomic mass is 10.1. The summed E-state index contributed by atoms with van der Waals surface area (Å²) in [5.41, 5.74) is 1.45. The second-order valence-corrected chi connectivity index (χ2v) is 6.70. The Balaban J connectivity index is 1.73. The number of rotatable bonds is 6. The highest BCUT2D eigenvalue weighted by Gasteiger charge is 2.14. The number of hydrogen-bond acceptors (Lipinski definition) is 6. The molecule has 0 radical (unpaired) electrons. The first-order valence-corrected chi connectivity index (χ1v) is 9.43. The number of amides is 1. The fraction of sp³-hybridized carbons (Fsp3) is 0.0417. The number of hydrogen-bond donors (Lipinski definition) is 1. The molecular weight excluding hydrogens is 410 g/mol. The monoisotopic (exact) mass is 427 g/mol. The molecule has 1 N–H and O–H groups in total. The quantitative estimate of drug-likeness (QED) is 0.152. The van der Waals surface area contributed by atoms with Gasteiger partial charge in [0.15, 0.2) is 0 Å². The molecule has 0 aliphatic carbocycles. The van der Waals surface area contributed by atoms with Crippen molar-refractivity contribution >= 4 is 29.3 Å². The van der Waals surface area contributed by atoms with Crippen molar-refractivity contribution in [3.05, 3.63) is 105 Å². The minimum Gasteiger partial charge on any atom is -0.423 e. The second-order valence-electron chi connectivity index (χ2n) is 6.70. The van der Waals surface area contributed by atoms with Crippen molar-refractivity contribution in [2.75, 3.05) is 5.32 Å². The fourth-order valence-corrected chi connectivity index (χ4v) is 2.74. The average Bonchev–Trinajstić information content (AvgIpc) is 2.80. The number of nitriles is 1. The van der Waals surface area contributed by atoms with Gasteiger partial charge in [0.1, 0.15) is 17.4 Å². The van der Waals surface area contributed by atoms with Gasteiger partial charge < -0.3 is 10.1 Å². The molecule has 8 heteroatoms. The molecule has 0 saturated carbocycles. The van der Waals surface area contributed by atoms with Crippen LogP contribution in [0.3, 0.4) is 0 Å². The Kier molecular flexibility index (Phi) is 6.73. The number of nitrogens with zero attached hydrogens (tertiary/aromatic N) is 2. The summed E-state index contributed by atoms with van der Waals surface area (Å²) < 4.78 is 5.30. The van der Waals surface area contributed by atoms with Gasteiger partial charge in [0.2, 0.25) is 0 Å². The molecule has 32 heavy (non-hydrogen) atoms. The summed E-state index contributed by atoms with van der Waals surface area (Å²) in [6, 6.07) is 20.7. The van der Waals surface area contributed by atoms with Crippen molar-refractivity contribution < 1.29 is 19.2 Å². The zero-order chi connectivity index (χ0) is 23.1. The zero-order valence-corrected chi connectivity index (χ0v) is 16.9. The van der Waals surface area contributed by atoms with Crippen LogP contribution in [0.4, 0.5) is 11.4 Å². The molecule has 0 unspecified atom stereocenters. The number of non-ortho nitro benzene ring substituents is 1. The number of nitro groups is 1. The van der Waals surface area contributed by atoms with Crippen LogP contribution in [-0.4, -0.2) is 16.8 Å². The molecule has 158 valence electrons. The van der Waals surface area contributed by atoms with E-state index in [4.69, 9.17) is 4.74 Å². The minimum atomic E-state index is -0.698. The number of carbonyl (C=O) groups excluding carboxylic acids is 2. The molecule has 1 amide bonds. The molecular formula is C24H17N3O5. The van der Waals surface area contributed by atoms with Crippen LogP contribution in [0.1, 0.15) is 21.5 Å². The zero-order valence-electron chi connectivity index (χ0n) is 16.9. The van der Waals surface area contributed by atoms with E-state index < -0.39 is 16.8 Å². The Hall–Kier alpha value is -4.77. The highest BCUT2D eigenvalue weighted by molar-refractivity contribution is 6.10. The number of aryl methyl sites for hydroxylation is 1. The molecule has 0 bridgehead atoms. The molecule has 0 aliphatic heterocycles. The van der Waals surface area contributed by atoms with Crippen molar-refractivity contribution in [3.8, 4) is 11.8 Å². The standard InChI is InChI=1S/C24H17N3O5/c1-16-7-10-20(27(30)31)14-22(16)26-23(28)19(15-25)13-17-8-11-21(12-9-17)32-24(29)18-5-3-2-4-6-18/h2-14H,1H3,(H,26,28)/b19-13+. The first-order valence-electron chi connectivity index (χ1n) is 9.43. The van der Waals surface area contributed by atoms with Gasteiger partial charge in [0, 0.05) is 12.1 Å². The third-order valence-corrected chi connectivity index (χ3v) is 4.46. The van der Waals surface area contributed by atoms with E-state index >= 15 is 0 Å². The Morgan fingerprint density at radius 1 is 1.06 bits per heavy atom. The summed E-state index contributed by atoms with van der Waals surface area (Å²) in [4.78, 5) is 35.0. The van der Waals surface area contributed by atoms with Gasteiger partial charge in [-0.2, -0.15) is 5.26 Å². The van der Waals surface area contributed by atoms with Gasteiger partial charge in [0.05, 0.1) is 16.2 Å². The predicted molar refractivity (Wildman–Crippen MR) is 118 cm³/mol. The molecule has 3 aromatic carbocycles. The van der Waals surface area contributed by atoms with Crippen LogP contribution in [-0.2, 0) is 4.79 Å². The maximum absolute atomic E-state index is 12.5. The van der Waals surface area contributed by atoms with Crippen molar-refractivity contribution in [2.24, 2.45) is 0 Å². The van der Waals surface area contributed by atoms with Crippen molar-refractivity contribution in [1.82, 2.24) is 0 Å². The lowest BCUT2D eigenvalue weighted by Crippen LogP contribution is -2.14. The van der Waals surface area contributed by atoms with E-state index in [0.717, 1.165) is 0 Å². The third-order valence-electron chi connectivity index (χ3n) is 4.46. The highest BCUT2D eigenvalue weighted by Crippen LogP contribution is 2.23. The molecule has 0 fully saturated rings. The Bertz CT molecular complexity index is 1240. The van der Waals surface area contributed by atoms with Crippen LogP contribution >= 0.6 is 0 Å². The van der Waals surface area contributed by atoms with E-state index in [1.165, 1.54) is 24.3 Å². The van der Waals surface area contributed by atoms with Crippen LogP contribution in [0.5, 0.6) is 5.75 Å². The lowest BCUT2D eigenvalue weighted by molar-refractivity contribution is -0.384. The normalized spacial score (nSPS) is 10.7. The summed E-state index contributed by atoms with van der Waals surface area (Å²) >= 11 is 0. The molecule has 0 heterocycles. The van der Waals surface area contributed by atoms with Crippen molar-refractivity contribution in [3.63, 3.8) is 0 Å². The van der Waals surface area contributed by atoms with E-state index in [2.05, 4.69) is 5.32 Å². The summed E-state index contributed by atoms with van der Waals surface area (Å²) in [5.74, 6) is -0.889. The first-order chi connectivity index (χ1) is 15.4. The summed E-state index contributed by atoms with van der Waals surface area (Å²) in [6.07, 6.45) is 1.37. The van der Waals surface area contributed by atoms with E-state index in [1.54, 1.807) is 61.5 Å². The van der Waals surface area contributed by atoms with E-state index in [9.17, 15) is 25.0 Å². The maximum Gasteiger partial charge on any atom is 0.343 e. The fourth-order valence-electron chi connectivity index (χ4n) is 2.74. The van der Waals surface area contributed by atoms with Crippen molar-refractivity contribution in [2.45, 2.75) is 6.92 Å². The molecule has 0 aliphatic rings. The summed E-state index contributed by atoms with van der Waals surface area (Å²) in [7, 11) is 0. The van der Waals surface area contributed by atoms with Gasteiger partial charge in [-0.15, -0.1) is 0 Å². The number of nitro benzene ring substituents is 1. The molecule has 0 spiro atoms. The molecule has 8 nitrogen and oxygen atoms in total. The predicted octanol–water partition coefficient (Wildman–Crippen LogP) is 4.67. The van der Waals surface area contributed by atoms with Crippen LogP contribution in [0, 0.1) is 28.4 Å². The van der Waals surface area contributed by atoms with E-state index in [1.807, 2.05) is 6.07 Å². The van der Waals surface area contributed by atoms with Crippen LogP contribution < -0.4 is 10.1 Å². The largest absolute Gasteiger partial charge is 0.423 e. The second kappa shape index (κ2) is 9.82. The topological polar surface area (TPSA) is 122 Å². The van der Waals surface area contributed by atoms with E-state index in [-0.39, 0.29) is 16.9 Å². The number of anilines is 1. The van der Waals surface area contributed by atoms with Gasteiger partial charge in [0.25, 0.3) is 11.6 Å². The van der Waals surface area contributed by atoms with Gasteiger partial charge >= 0.3 is 5.97 Å². The van der Waals surface area contributed by atoms with Gasteiger partial charge in [-0.25, -0.2) is 4.79 Å². The van der Waals surface area contributed by atoms with E-state index in [0.29, 0.717) is 22.4 Å². The lowest BCUT2D eigenvalue weighted by Gasteiger charge is -2.08. The summed E-state index contributed by atoms with van der Waals surface area (Å²) in [6.45, 7) is 1.69. The maximum atomic E-state index is 12.5. The Morgan fingerprint density at radius 2 is 1.75 bits per heavy atom. The van der Waals surface area contributed by atoms with Gasteiger partial charge in [-0.3, -0.25) is 14.9 Å². The molecule has 0 saturated heterocycles. The van der Waals surface area contributed by atoms with Gasteiger partial charge in [-0.1, -0.05) is 36.4 Å². The number of benzene rings is 3. The minimum absolute atomic E-state index is 0.172. The third kappa shape index (κ3) is 5.43. The SMILES string of the molecule is Cc1ccc([N+](=O)[O-])cc1NC(=O)/C(C#N)=C/c1ccc(OC(=O)c2ccccc2)cc1. The number of carbonyl (C=O) groups is 2. The molecule has 3 rings (SSSR count). The average molecular weight is 427 g/mol. The van der Waals surface area contributed by atoms with Crippen molar-refractivity contribution in [1.29, 1.82) is 5.26 Å². The Labute approximate surface area is 183 Å². The number of ether oxygens (including phenoxy) is 1. The smallest absolute Gasteiger partial charge is 0.343 e. The van der Waals surface area contributed by atoms with Crippen LogP contribution in [0.15, 0.2) is 78.4 Å². The first kappa shape index (κ1) is 21.9. The number of esters is 1. The summed E-state index contributed by atoms with van der Waals surface area (Å²) in [5, 5.41) is 22.9. The highest BCUT2D eigenvalue weighted by atomic mass is 16.6. The van der Waals surface area contributed by atoms with Crippen LogP contribution in [0.2, 0.25) is 0 Å². The Morgan fingerprint density at radius 3 is 2.38 bits per heavy atom. The number of nitrogens with one attached hydrogen (secondary N) is 1.